The summed E-state index contributed by atoms with van der Waals surface area (Å²) in [6, 6.07) is 1.06. The molecule has 156 valence electrons. The highest BCUT2D eigenvalue weighted by Crippen LogP contribution is 2.42. The number of carbonyl (C=O) groups excluding carboxylic acids is 2. The first-order chi connectivity index (χ1) is 12.7. The summed E-state index contributed by atoms with van der Waals surface area (Å²) in [5, 5.41) is 10.8. The number of aryl methyl sites for hydroxylation is 1. The number of halogens is 3. The number of hydrogen-bond donors (Lipinski definition) is 2. The van der Waals surface area contributed by atoms with Crippen LogP contribution in [0.4, 0.5) is 10.5 Å². The van der Waals surface area contributed by atoms with Crippen LogP contribution in [0.15, 0.2) is 6.07 Å². The summed E-state index contributed by atoms with van der Waals surface area (Å²) >= 11 is 25.1. The lowest BCUT2D eigenvalue weighted by Crippen LogP contribution is -2.23. The molecular weight excluding hydrogens is 475 g/mol. The average molecular weight is 492 g/mol. The van der Waals surface area contributed by atoms with Gasteiger partial charge in [0.05, 0.1) is 11.5 Å². The number of primary amides is 1. The minimum absolute atomic E-state index is 0.0270. The average Bonchev–Trinajstić information content (AvgIpc) is 2.52. The number of thiocarbonyl (C=S) groups is 1. The van der Waals surface area contributed by atoms with Crippen molar-refractivity contribution in [2.45, 2.75) is 17.1 Å². The smallest absolute Gasteiger partial charge is 0.295 e. The van der Waals surface area contributed by atoms with Crippen LogP contribution in [0, 0.1) is 17.0 Å². The molecule has 1 amide bonds. The van der Waals surface area contributed by atoms with Crippen LogP contribution in [0.25, 0.3) is 0 Å². The van der Waals surface area contributed by atoms with Gasteiger partial charge < -0.3 is 15.4 Å². The van der Waals surface area contributed by atoms with Gasteiger partial charge in [0.2, 0.25) is 3.79 Å². The van der Waals surface area contributed by atoms with Crippen LogP contribution in [0.5, 0.6) is 0 Å². The first-order valence-electron chi connectivity index (χ1n) is 7.27. The quantitative estimate of drug-likeness (QED) is 0.160. The number of carbonyl (C=O) groups is 2. The Morgan fingerprint density at radius 2 is 1.93 bits per heavy atom. The zero-order valence-electron chi connectivity index (χ0n) is 14.9. The van der Waals surface area contributed by atoms with Gasteiger partial charge in [-0.25, -0.2) is 4.98 Å². The number of rotatable bonds is 5. The fourth-order valence-corrected chi connectivity index (χ4v) is 2.22. The Balaban J connectivity index is 0.00000165. The summed E-state index contributed by atoms with van der Waals surface area (Å²) in [5.41, 5.74) is 3.76. The van der Waals surface area contributed by atoms with Crippen LogP contribution in [0.2, 0.25) is 0 Å². The summed E-state index contributed by atoms with van der Waals surface area (Å²) in [7, 11) is 3.41. The summed E-state index contributed by atoms with van der Waals surface area (Å²) < 4.78 is 3.14. The molecule has 1 aromatic heterocycles. The molecule has 1 heterocycles. The number of aromatic nitrogens is 1. The van der Waals surface area contributed by atoms with E-state index in [1.54, 1.807) is 19.0 Å². The van der Waals surface area contributed by atoms with Crippen molar-refractivity contribution in [2.24, 2.45) is 5.73 Å². The second-order valence-electron chi connectivity index (χ2n) is 5.26. The van der Waals surface area contributed by atoms with E-state index in [9.17, 15) is 14.9 Å². The molecule has 0 aromatic carbocycles. The number of pyridine rings is 1. The summed E-state index contributed by atoms with van der Waals surface area (Å²) in [4.78, 5) is 37.3. The standard InChI is InChI=1S/C13H14Cl3N3O4S.CH3NOS/c1-7-8(10(20)4-5-23-12(24)18(2)3)6-9(19(21)22)11(17-7)13(14,15)16;2-1(3)4/h6H,4-5H2,1-3H3;(H3,2,3,4). The van der Waals surface area contributed by atoms with E-state index in [1.807, 2.05) is 0 Å². The van der Waals surface area contributed by atoms with Gasteiger partial charge in [0, 0.05) is 37.8 Å². The highest BCUT2D eigenvalue weighted by Gasteiger charge is 2.35. The summed E-state index contributed by atoms with van der Waals surface area (Å²) in [6.45, 7) is 1.54. The fourth-order valence-electron chi connectivity index (χ4n) is 1.72. The predicted molar refractivity (Wildman–Crippen MR) is 115 cm³/mol. The van der Waals surface area contributed by atoms with Crippen molar-refractivity contribution in [3.8, 4) is 0 Å². The van der Waals surface area contributed by atoms with Gasteiger partial charge in [-0.05, 0) is 19.1 Å². The molecule has 9 nitrogen and oxygen atoms in total. The minimum Gasteiger partial charge on any atom is -0.470 e. The Morgan fingerprint density at radius 3 is 2.32 bits per heavy atom. The van der Waals surface area contributed by atoms with E-state index in [0.29, 0.717) is 0 Å². The van der Waals surface area contributed by atoms with Crippen molar-refractivity contribution < 1.29 is 19.2 Å². The molecule has 28 heavy (non-hydrogen) atoms. The number of nitrogens with two attached hydrogens (primary N) is 1. The molecule has 0 fully saturated rings. The first-order valence-corrected chi connectivity index (χ1v) is 9.26. The van der Waals surface area contributed by atoms with Gasteiger partial charge in [-0.2, -0.15) is 0 Å². The van der Waals surface area contributed by atoms with Gasteiger partial charge in [-0.1, -0.05) is 47.4 Å². The van der Waals surface area contributed by atoms with Crippen molar-refractivity contribution in [3.63, 3.8) is 0 Å². The maximum Gasteiger partial charge on any atom is 0.295 e. The van der Waals surface area contributed by atoms with E-state index in [0.717, 1.165) is 6.07 Å². The van der Waals surface area contributed by atoms with Crippen LogP contribution in [-0.4, -0.2) is 51.7 Å². The molecule has 0 aliphatic carbocycles. The van der Waals surface area contributed by atoms with Crippen LogP contribution in [-0.2, 0) is 8.53 Å². The van der Waals surface area contributed by atoms with Gasteiger partial charge in [0.1, 0.15) is 0 Å². The number of nitro groups is 1. The molecule has 2 N–H and O–H groups in total. The zero-order valence-corrected chi connectivity index (χ0v) is 18.9. The minimum atomic E-state index is -2.07. The third kappa shape index (κ3) is 9.20. The van der Waals surface area contributed by atoms with E-state index in [4.69, 9.17) is 56.6 Å². The maximum atomic E-state index is 12.3. The molecule has 14 heteroatoms. The summed E-state index contributed by atoms with van der Waals surface area (Å²) in [6.07, 6.45) is -0.0270. The SMILES string of the molecule is Cc1nc(C(Cl)(Cl)Cl)c([N+](=O)[O-])cc1C(=O)CCOC(=S)N(C)C.NC(=O)S. The summed E-state index contributed by atoms with van der Waals surface area (Å²) in [5.74, 6) is -0.388. The molecule has 1 aromatic rings. The number of alkyl halides is 3. The highest BCUT2D eigenvalue weighted by molar-refractivity contribution is 7.96. The van der Waals surface area contributed by atoms with Gasteiger partial charge >= 0.3 is 0 Å². The van der Waals surface area contributed by atoms with Crippen molar-refractivity contribution in [1.29, 1.82) is 0 Å². The Labute approximate surface area is 187 Å². The highest BCUT2D eigenvalue weighted by atomic mass is 35.6. The topological polar surface area (TPSA) is 129 Å². The van der Waals surface area contributed by atoms with Crippen molar-refractivity contribution in [1.82, 2.24) is 9.88 Å². The lowest BCUT2D eigenvalue weighted by Gasteiger charge is -2.15. The molecule has 0 aliphatic rings. The largest absolute Gasteiger partial charge is 0.470 e. The number of hydrogen-bond acceptors (Lipinski definition) is 7. The normalized spacial score (nSPS) is 10.4. The number of ether oxygens (including phenoxy) is 1. The van der Waals surface area contributed by atoms with Gasteiger partial charge in [0.15, 0.2) is 11.5 Å². The van der Waals surface area contributed by atoms with Crippen LogP contribution < -0.4 is 5.73 Å². The van der Waals surface area contributed by atoms with Crippen LogP contribution >= 0.6 is 59.6 Å². The fraction of sp³-hybridized carbons (Fsp3) is 0.429. The van der Waals surface area contributed by atoms with E-state index in [2.05, 4.69) is 23.3 Å². The van der Waals surface area contributed by atoms with Gasteiger partial charge in [-0.3, -0.25) is 19.7 Å². The maximum absolute atomic E-state index is 12.3. The Kier molecular flexibility index (Phi) is 11.0. The number of nitrogens with zero attached hydrogens (tertiary/aromatic N) is 3. The monoisotopic (exact) mass is 490 g/mol. The Morgan fingerprint density at radius 1 is 1.43 bits per heavy atom. The molecule has 0 aliphatic heterocycles. The van der Waals surface area contributed by atoms with E-state index >= 15 is 0 Å². The third-order valence-electron chi connectivity index (χ3n) is 2.88. The first kappa shape index (κ1) is 26.6. The Hall–Kier alpha value is -1.40. The molecular formula is C14H17Cl3N4O5S2. The zero-order chi connectivity index (χ0) is 22.2. The molecule has 0 saturated heterocycles. The molecule has 0 saturated carbocycles. The Bertz CT molecular complexity index is 768. The predicted octanol–water partition coefficient (Wildman–Crippen LogP) is 3.56. The van der Waals surface area contributed by atoms with Gasteiger partial charge in [-0.15, -0.1) is 0 Å². The van der Waals surface area contributed by atoms with Crippen LogP contribution in [0.3, 0.4) is 0 Å². The van der Waals surface area contributed by atoms with E-state index < -0.39 is 19.6 Å². The van der Waals surface area contributed by atoms with E-state index in [1.165, 1.54) is 6.92 Å². The van der Waals surface area contributed by atoms with E-state index in [-0.39, 0.29) is 40.9 Å². The van der Waals surface area contributed by atoms with Crippen LogP contribution in [0.1, 0.15) is 28.2 Å². The lowest BCUT2D eigenvalue weighted by molar-refractivity contribution is -0.386. The number of Topliss-reactive ketones (excluding diaryl/α,β-unsaturated/α-hetero) is 1. The van der Waals surface area contributed by atoms with Crippen molar-refractivity contribution >= 4 is 81.5 Å². The number of thiol groups is 1. The third-order valence-corrected chi connectivity index (χ3v) is 3.90. The molecule has 0 radical (unpaired) electrons. The van der Waals surface area contributed by atoms with Gasteiger partial charge in [0.25, 0.3) is 16.1 Å². The second kappa shape index (κ2) is 11.6. The van der Waals surface area contributed by atoms with Crippen molar-refractivity contribution in [3.05, 3.63) is 33.1 Å². The number of ketones is 1. The molecule has 1 rings (SSSR count). The second-order valence-corrected chi connectivity index (χ2v) is 8.34. The number of amides is 1. The molecule has 0 unspecified atom stereocenters. The van der Waals surface area contributed by atoms with Crippen molar-refractivity contribution in [2.75, 3.05) is 20.7 Å². The molecule has 0 atom stereocenters. The molecule has 0 spiro atoms. The molecule has 0 bridgehead atoms. The lowest BCUT2D eigenvalue weighted by atomic mass is 10.1.